The predicted molar refractivity (Wildman–Crippen MR) is 105 cm³/mol. The Hall–Kier alpha value is -2.17. The highest BCUT2D eigenvalue weighted by atomic mass is 16.3. The molecule has 3 aromatic rings. The molecule has 0 amide bonds. The zero-order chi connectivity index (χ0) is 18.3. The van der Waals surface area contributed by atoms with Crippen molar-refractivity contribution in [2.45, 2.75) is 45.4 Å². The van der Waals surface area contributed by atoms with Crippen LogP contribution >= 0.6 is 0 Å². The van der Waals surface area contributed by atoms with Crippen molar-refractivity contribution in [2.24, 2.45) is 0 Å². The number of fused-ring (bicyclic) bond motifs is 3. The Labute approximate surface area is 155 Å². The van der Waals surface area contributed by atoms with Crippen molar-refractivity contribution in [1.82, 2.24) is 14.5 Å². The van der Waals surface area contributed by atoms with Gasteiger partial charge in [-0.1, -0.05) is 18.6 Å². The molecule has 4 nitrogen and oxygen atoms in total. The Balaban J connectivity index is 1.86. The molecule has 0 saturated heterocycles. The van der Waals surface area contributed by atoms with Crippen LogP contribution in [0.2, 0.25) is 0 Å². The molecule has 0 saturated carbocycles. The lowest BCUT2D eigenvalue weighted by molar-refractivity contribution is 0.0145. The van der Waals surface area contributed by atoms with E-state index in [9.17, 15) is 5.11 Å². The lowest BCUT2D eigenvalue weighted by Crippen LogP contribution is -2.33. The summed E-state index contributed by atoms with van der Waals surface area (Å²) in [5.41, 5.74) is 5.36. The lowest BCUT2D eigenvalue weighted by atomic mass is 9.91. The van der Waals surface area contributed by atoms with Gasteiger partial charge in [-0.05, 0) is 55.8 Å². The fraction of sp³-hybridized carbons (Fsp3) is 0.409. The molecule has 1 atom stereocenters. The van der Waals surface area contributed by atoms with Crippen LogP contribution in [-0.4, -0.2) is 33.1 Å². The second-order valence-electron chi connectivity index (χ2n) is 7.64. The van der Waals surface area contributed by atoms with E-state index in [0.29, 0.717) is 13.0 Å². The quantitative estimate of drug-likeness (QED) is 0.782. The SMILES string of the molecule is CCC(O)(Cn1c2c(c3cc(C)ccc31)CN(C)CC2)c1ccncc1. The van der Waals surface area contributed by atoms with Crippen molar-refractivity contribution < 1.29 is 5.11 Å². The number of rotatable bonds is 4. The van der Waals surface area contributed by atoms with Crippen LogP contribution in [0.15, 0.2) is 42.7 Å². The van der Waals surface area contributed by atoms with Gasteiger partial charge in [0.25, 0.3) is 0 Å². The highest BCUT2D eigenvalue weighted by Crippen LogP contribution is 2.35. The fourth-order valence-electron chi connectivity index (χ4n) is 4.21. The number of nitrogens with zero attached hydrogens (tertiary/aromatic N) is 3. The van der Waals surface area contributed by atoms with Crippen molar-refractivity contribution in [3.05, 3.63) is 65.1 Å². The second kappa shape index (κ2) is 6.53. The summed E-state index contributed by atoms with van der Waals surface area (Å²) in [7, 11) is 2.18. The van der Waals surface area contributed by atoms with E-state index >= 15 is 0 Å². The van der Waals surface area contributed by atoms with Gasteiger partial charge >= 0.3 is 0 Å². The van der Waals surface area contributed by atoms with Gasteiger partial charge in [-0.3, -0.25) is 4.98 Å². The first-order valence-electron chi connectivity index (χ1n) is 9.44. The number of pyridine rings is 1. The average Bonchev–Trinajstić information content (AvgIpc) is 2.94. The molecule has 1 aliphatic rings. The highest BCUT2D eigenvalue weighted by Gasteiger charge is 2.31. The number of benzene rings is 1. The van der Waals surface area contributed by atoms with Crippen molar-refractivity contribution in [3.63, 3.8) is 0 Å². The molecule has 0 fully saturated rings. The molecule has 1 unspecified atom stereocenters. The van der Waals surface area contributed by atoms with E-state index in [0.717, 1.165) is 25.1 Å². The number of hydrogen-bond donors (Lipinski definition) is 1. The molecule has 0 aliphatic carbocycles. The summed E-state index contributed by atoms with van der Waals surface area (Å²) in [5.74, 6) is 0. The van der Waals surface area contributed by atoms with Gasteiger partial charge in [0, 0.05) is 48.5 Å². The topological polar surface area (TPSA) is 41.3 Å². The van der Waals surface area contributed by atoms with Crippen molar-refractivity contribution in [1.29, 1.82) is 0 Å². The zero-order valence-corrected chi connectivity index (χ0v) is 15.9. The van der Waals surface area contributed by atoms with Crippen LogP contribution < -0.4 is 0 Å². The van der Waals surface area contributed by atoms with Gasteiger partial charge in [-0.2, -0.15) is 0 Å². The van der Waals surface area contributed by atoms with Gasteiger partial charge in [0.2, 0.25) is 0 Å². The minimum Gasteiger partial charge on any atom is -0.383 e. The number of likely N-dealkylation sites (N-methyl/N-ethyl adjacent to an activating group) is 1. The minimum atomic E-state index is -0.892. The van der Waals surface area contributed by atoms with E-state index in [1.165, 1.54) is 27.7 Å². The second-order valence-corrected chi connectivity index (χ2v) is 7.64. The minimum absolute atomic E-state index is 0.576. The van der Waals surface area contributed by atoms with E-state index in [-0.39, 0.29) is 0 Å². The molecule has 1 aromatic carbocycles. The number of aliphatic hydroxyl groups is 1. The number of aromatic nitrogens is 2. The van der Waals surface area contributed by atoms with Crippen LogP contribution in [0.4, 0.5) is 0 Å². The molecule has 0 radical (unpaired) electrons. The molecular weight excluding hydrogens is 322 g/mol. The Morgan fingerprint density at radius 3 is 2.69 bits per heavy atom. The molecule has 2 aromatic heterocycles. The maximum absolute atomic E-state index is 11.5. The summed E-state index contributed by atoms with van der Waals surface area (Å²) in [6.07, 6.45) is 5.21. The summed E-state index contributed by atoms with van der Waals surface area (Å²) in [5, 5.41) is 12.8. The van der Waals surface area contributed by atoms with Crippen molar-refractivity contribution >= 4 is 10.9 Å². The van der Waals surface area contributed by atoms with E-state index in [1.807, 2.05) is 12.1 Å². The normalized spacial score (nSPS) is 17.2. The molecule has 26 heavy (non-hydrogen) atoms. The first-order valence-corrected chi connectivity index (χ1v) is 9.44. The summed E-state index contributed by atoms with van der Waals surface area (Å²) in [6.45, 7) is 6.81. The molecule has 0 spiro atoms. The maximum atomic E-state index is 11.5. The summed E-state index contributed by atoms with van der Waals surface area (Å²) in [6, 6.07) is 10.5. The van der Waals surface area contributed by atoms with Crippen LogP contribution in [0.3, 0.4) is 0 Å². The third-order valence-electron chi connectivity index (χ3n) is 5.82. The highest BCUT2D eigenvalue weighted by molar-refractivity contribution is 5.86. The monoisotopic (exact) mass is 349 g/mol. The Kier molecular flexibility index (Phi) is 4.33. The maximum Gasteiger partial charge on any atom is 0.107 e. The van der Waals surface area contributed by atoms with Crippen LogP contribution in [0.25, 0.3) is 10.9 Å². The summed E-state index contributed by atoms with van der Waals surface area (Å²) in [4.78, 5) is 6.48. The number of aryl methyl sites for hydroxylation is 1. The fourth-order valence-corrected chi connectivity index (χ4v) is 4.21. The molecule has 4 heteroatoms. The Morgan fingerprint density at radius 1 is 1.19 bits per heavy atom. The van der Waals surface area contributed by atoms with Crippen LogP contribution in [0.1, 0.15) is 35.7 Å². The molecule has 0 bridgehead atoms. The molecule has 3 heterocycles. The third kappa shape index (κ3) is 2.83. The van der Waals surface area contributed by atoms with Gasteiger partial charge in [-0.25, -0.2) is 0 Å². The molecular formula is C22H27N3O. The first kappa shape index (κ1) is 17.3. The smallest absolute Gasteiger partial charge is 0.107 e. The van der Waals surface area contributed by atoms with E-state index in [2.05, 4.69) is 53.5 Å². The van der Waals surface area contributed by atoms with E-state index in [1.54, 1.807) is 12.4 Å². The lowest BCUT2D eigenvalue weighted by Gasteiger charge is -2.31. The van der Waals surface area contributed by atoms with Crippen molar-refractivity contribution in [3.8, 4) is 0 Å². The van der Waals surface area contributed by atoms with E-state index in [4.69, 9.17) is 0 Å². The van der Waals surface area contributed by atoms with Gasteiger partial charge in [0.05, 0.1) is 6.54 Å². The van der Waals surface area contributed by atoms with Crippen LogP contribution in [-0.2, 0) is 25.1 Å². The molecule has 136 valence electrons. The summed E-state index contributed by atoms with van der Waals surface area (Å²) < 4.78 is 2.36. The molecule has 1 N–H and O–H groups in total. The van der Waals surface area contributed by atoms with Gasteiger partial charge in [-0.15, -0.1) is 0 Å². The predicted octanol–water partition coefficient (Wildman–Crippen LogP) is 3.63. The third-order valence-corrected chi connectivity index (χ3v) is 5.82. The Bertz CT molecular complexity index is 931. The number of hydrogen-bond acceptors (Lipinski definition) is 3. The van der Waals surface area contributed by atoms with Gasteiger partial charge in [0.1, 0.15) is 5.60 Å². The van der Waals surface area contributed by atoms with Crippen molar-refractivity contribution in [2.75, 3.05) is 13.6 Å². The van der Waals surface area contributed by atoms with Gasteiger partial charge < -0.3 is 14.6 Å². The largest absolute Gasteiger partial charge is 0.383 e. The van der Waals surface area contributed by atoms with Gasteiger partial charge in [0.15, 0.2) is 0 Å². The zero-order valence-electron chi connectivity index (χ0n) is 15.9. The average molecular weight is 349 g/mol. The Morgan fingerprint density at radius 2 is 1.96 bits per heavy atom. The van der Waals surface area contributed by atoms with Crippen LogP contribution in [0.5, 0.6) is 0 Å². The first-order chi connectivity index (χ1) is 12.5. The standard InChI is InChI=1S/C22H27N3O/c1-4-22(26,17-7-10-23-11-8-17)15-25-20-6-5-16(2)13-18(20)19-14-24(3)12-9-21(19)25/h5-8,10-11,13,26H,4,9,12,14-15H2,1-3H3. The molecule has 1 aliphatic heterocycles. The molecule has 4 rings (SSSR count). The van der Waals surface area contributed by atoms with Crippen LogP contribution in [0, 0.1) is 6.92 Å². The summed E-state index contributed by atoms with van der Waals surface area (Å²) >= 11 is 0. The van der Waals surface area contributed by atoms with E-state index < -0.39 is 5.60 Å².